The molecule has 5 heteroatoms. The number of phenols is 1. The van der Waals surface area contributed by atoms with Crippen molar-refractivity contribution >= 4 is 24.0 Å². The maximum atomic E-state index is 12.7. The van der Waals surface area contributed by atoms with E-state index in [1.165, 1.54) is 6.07 Å². The van der Waals surface area contributed by atoms with Crippen LogP contribution < -0.4 is 5.73 Å². The maximum Gasteiger partial charge on any atom is 0.139 e. The highest BCUT2D eigenvalue weighted by Gasteiger charge is 2.11. The predicted molar refractivity (Wildman–Crippen MR) is 52.9 cm³/mol. The molecule has 3 N–H and O–H groups in total. The fraction of sp³-hybridized carbons (Fsp3) is 0.250. The maximum absolute atomic E-state index is 12.7. The molecule has 1 rings (SSSR count). The average molecular weight is 226 g/mol. The number of rotatable bonds is 1. The van der Waals surface area contributed by atoms with Crippen LogP contribution in [0.4, 0.5) is 4.39 Å². The number of hydrogen-bond donors (Lipinski definition) is 2. The van der Waals surface area contributed by atoms with Gasteiger partial charge in [-0.25, -0.2) is 4.39 Å². The van der Waals surface area contributed by atoms with Crippen LogP contribution in [-0.4, -0.2) is 5.11 Å². The van der Waals surface area contributed by atoms with Crippen LogP contribution in [0.5, 0.6) is 5.75 Å². The van der Waals surface area contributed by atoms with Crippen LogP contribution >= 0.6 is 24.0 Å². The highest BCUT2D eigenvalue weighted by molar-refractivity contribution is 6.32. The first-order valence-corrected chi connectivity index (χ1v) is 3.83. The van der Waals surface area contributed by atoms with Crippen LogP contribution in [0.2, 0.25) is 5.02 Å². The van der Waals surface area contributed by atoms with E-state index in [4.69, 9.17) is 17.3 Å². The third kappa shape index (κ3) is 2.72. The van der Waals surface area contributed by atoms with Gasteiger partial charge in [0, 0.05) is 11.6 Å². The normalized spacial score (nSPS) is 12.0. The first kappa shape index (κ1) is 12.5. The third-order valence-electron chi connectivity index (χ3n) is 1.55. The molecule has 0 fully saturated rings. The largest absolute Gasteiger partial charge is 0.506 e. The molecule has 1 aromatic rings. The summed E-state index contributed by atoms with van der Waals surface area (Å²) < 4.78 is 12.7. The zero-order valence-corrected chi connectivity index (χ0v) is 8.49. The van der Waals surface area contributed by atoms with Crippen molar-refractivity contribution in [3.05, 3.63) is 28.5 Å². The van der Waals surface area contributed by atoms with Crippen LogP contribution in [0.15, 0.2) is 12.1 Å². The highest BCUT2D eigenvalue weighted by atomic mass is 35.5. The predicted octanol–water partition coefficient (Wildman–Crippen LogP) is 2.63. The SMILES string of the molecule is C[C@@H](N)c1cc(F)cc(Cl)c1O.Cl. The van der Waals surface area contributed by atoms with Gasteiger partial charge in [-0.15, -0.1) is 12.4 Å². The van der Waals surface area contributed by atoms with Gasteiger partial charge in [0.15, 0.2) is 0 Å². The molecule has 0 radical (unpaired) electrons. The summed E-state index contributed by atoms with van der Waals surface area (Å²) in [4.78, 5) is 0. The fourth-order valence-corrected chi connectivity index (χ4v) is 1.15. The van der Waals surface area contributed by atoms with Gasteiger partial charge < -0.3 is 10.8 Å². The zero-order chi connectivity index (χ0) is 9.30. The minimum absolute atomic E-state index is 0. The van der Waals surface area contributed by atoms with E-state index in [0.717, 1.165) is 6.07 Å². The lowest BCUT2D eigenvalue weighted by Crippen LogP contribution is -2.05. The number of nitrogens with two attached hydrogens (primary N) is 1. The molecule has 0 aliphatic carbocycles. The van der Waals surface area contributed by atoms with E-state index in [1.807, 2.05) is 0 Å². The quantitative estimate of drug-likeness (QED) is 0.773. The molecule has 1 atom stereocenters. The first-order valence-electron chi connectivity index (χ1n) is 3.46. The summed E-state index contributed by atoms with van der Waals surface area (Å²) in [5.41, 5.74) is 5.79. The highest BCUT2D eigenvalue weighted by Crippen LogP contribution is 2.31. The minimum Gasteiger partial charge on any atom is -0.506 e. The Morgan fingerprint density at radius 1 is 1.54 bits per heavy atom. The Kier molecular flexibility index (Phi) is 4.47. The number of halogens is 3. The lowest BCUT2D eigenvalue weighted by atomic mass is 10.1. The van der Waals surface area contributed by atoms with Gasteiger partial charge in [0.05, 0.1) is 5.02 Å². The molecule has 13 heavy (non-hydrogen) atoms. The molecule has 0 aromatic heterocycles. The summed E-state index contributed by atoms with van der Waals surface area (Å²) in [7, 11) is 0. The number of hydrogen-bond acceptors (Lipinski definition) is 2. The number of phenolic OH excluding ortho intramolecular Hbond substituents is 1. The van der Waals surface area contributed by atoms with Crippen LogP contribution in [0.25, 0.3) is 0 Å². The molecule has 0 aliphatic heterocycles. The molecule has 0 saturated heterocycles. The lowest BCUT2D eigenvalue weighted by Gasteiger charge is -2.09. The third-order valence-corrected chi connectivity index (χ3v) is 1.84. The summed E-state index contributed by atoms with van der Waals surface area (Å²) >= 11 is 5.52. The number of benzene rings is 1. The van der Waals surface area contributed by atoms with E-state index < -0.39 is 11.9 Å². The van der Waals surface area contributed by atoms with E-state index in [0.29, 0.717) is 5.56 Å². The van der Waals surface area contributed by atoms with Crippen molar-refractivity contribution in [1.82, 2.24) is 0 Å². The Balaban J connectivity index is 0.00000144. The molecule has 2 nitrogen and oxygen atoms in total. The monoisotopic (exact) mass is 225 g/mol. The van der Waals surface area contributed by atoms with E-state index in [2.05, 4.69) is 0 Å². The molecule has 1 aromatic carbocycles. The van der Waals surface area contributed by atoms with Gasteiger partial charge >= 0.3 is 0 Å². The van der Waals surface area contributed by atoms with Crippen molar-refractivity contribution in [2.75, 3.05) is 0 Å². The van der Waals surface area contributed by atoms with Crippen molar-refractivity contribution in [2.24, 2.45) is 5.73 Å². The molecule has 0 saturated carbocycles. The Morgan fingerprint density at radius 2 is 2.08 bits per heavy atom. The molecule has 74 valence electrons. The average Bonchev–Trinajstić information content (AvgIpc) is 1.96. The van der Waals surface area contributed by atoms with Crippen LogP contribution in [0, 0.1) is 5.82 Å². The Morgan fingerprint density at radius 3 is 2.54 bits per heavy atom. The van der Waals surface area contributed by atoms with Crippen molar-refractivity contribution in [3.63, 3.8) is 0 Å². The van der Waals surface area contributed by atoms with Crippen molar-refractivity contribution in [2.45, 2.75) is 13.0 Å². The summed E-state index contributed by atoms with van der Waals surface area (Å²) in [6.45, 7) is 1.64. The summed E-state index contributed by atoms with van der Waals surface area (Å²) in [6, 6.07) is 1.78. The second kappa shape index (κ2) is 4.65. The zero-order valence-electron chi connectivity index (χ0n) is 6.92. The molecule has 0 bridgehead atoms. The van der Waals surface area contributed by atoms with Crippen molar-refractivity contribution < 1.29 is 9.50 Å². The summed E-state index contributed by atoms with van der Waals surface area (Å²) in [6.07, 6.45) is 0. The second-order valence-corrected chi connectivity index (χ2v) is 3.02. The molecule has 0 heterocycles. The Labute approximate surface area is 86.9 Å². The van der Waals surface area contributed by atoms with E-state index in [9.17, 15) is 9.50 Å². The fourth-order valence-electron chi connectivity index (χ4n) is 0.933. The molecular weight excluding hydrogens is 216 g/mol. The smallest absolute Gasteiger partial charge is 0.139 e. The lowest BCUT2D eigenvalue weighted by molar-refractivity contribution is 0.461. The van der Waals surface area contributed by atoms with Crippen LogP contribution in [0.3, 0.4) is 0 Å². The molecule has 0 unspecified atom stereocenters. The standard InChI is InChI=1S/C8H9ClFNO.ClH/c1-4(11)6-2-5(10)3-7(9)8(6)12;/h2-4,12H,11H2,1H3;1H/t4-;/m1./s1. The van der Waals surface area contributed by atoms with Gasteiger partial charge in [0.2, 0.25) is 0 Å². The summed E-state index contributed by atoms with van der Waals surface area (Å²) in [5, 5.41) is 9.30. The Bertz CT molecular complexity index is 304. The van der Waals surface area contributed by atoms with Gasteiger partial charge in [-0.2, -0.15) is 0 Å². The summed E-state index contributed by atoms with van der Waals surface area (Å²) in [5.74, 6) is -0.641. The van der Waals surface area contributed by atoms with E-state index >= 15 is 0 Å². The van der Waals surface area contributed by atoms with E-state index in [-0.39, 0.29) is 23.2 Å². The number of aromatic hydroxyl groups is 1. The topological polar surface area (TPSA) is 46.2 Å². The molecule has 0 spiro atoms. The van der Waals surface area contributed by atoms with Crippen molar-refractivity contribution in [3.8, 4) is 5.75 Å². The second-order valence-electron chi connectivity index (χ2n) is 2.61. The first-order chi connectivity index (χ1) is 5.52. The van der Waals surface area contributed by atoms with Gasteiger partial charge in [0.25, 0.3) is 0 Å². The molecule has 0 amide bonds. The van der Waals surface area contributed by atoms with Gasteiger partial charge in [-0.05, 0) is 19.1 Å². The van der Waals surface area contributed by atoms with Gasteiger partial charge in [-0.1, -0.05) is 11.6 Å². The Hall–Kier alpha value is -0.510. The van der Waals surface area contributed by atoms with E-state index in [1.54, 1.807) is 6.92 Å². The van der Waals surface area contributed by atoms with Crippen LogP contribution in [-0.2, 0) is 0 Å². The van der Waals surface area contributed by atoms with Gasteiger partial charge in [0.1, 0.15) is 11.6 Å². The molecular formula is C8H10Cl2FNO. The minimum atomic E-state index is -0.495. The van der Waals surface area contributed by atoms with Crippen molar-refractivity contribution in [1.29, 1.82) is 0 Å². The van der Waals surface area contributed by atoms with Gasteiger partial charge in [-0.3, -0.25) is 0 Å². The molecule has 0 aliphatic rings. The van der Waals surface area contributed by atoms with Crippen LogP contribution in [0.1, 0.15) is 18.5 Å².